The molecule has 6 nitrogen and oxygen atoms in total. The minimum Gasteiger partial charge on any atom is -0.348 e. The molecule has 0 aromatic carbocycles. The molecule has 1 heterocycles. The highest BCUT2D eigenvalue weighted by molar-refractivity contribution is 5.90. The third kappa shape index (κ3) is 5.28. The summed E-state index contributed by atoms with van der Waals surface area (Å²) in [5, 5.41) is 9.67. The first-order valence-corrected chi connectivity index (χ1v) is 7.29. The number of H-pyrrole nitrogens is 1. The summed E-state index contributed by atoms with van der Waals surface area (Å²) in [5.74, 6) is 1.39. The molecule has 1 aromatic heterocycles. The van der Waals surface area contributed by atoms with Crippen LogP contribution in [0.5, 0.6) is 0 Å². The van der Waals surface area contributed by atoms with Crippen LogP contribution >= 0.6 is 0 Å². The van der Waals surface area contributed by atoms with E-state index in [2.05, 4.69) is 46.2 Å². The molecule has 0 saturated heterocycles. The summed E-state index contributed by atoms with van der Waals surface area (Å²) in [7, 11) is 4.07. The van der Waals surface area contributed by atoms with Gasteiger partial charge in [-0.15, -0.1) is 5.10 Å². The molecule has 20 heavy (non-hydrogen) atoms. The van der Waals surface area contributed by atoms with Crippen LogP contribution in [0.15, 0.2) is 0 Å². The summed E-state index contributed by atoms with van der Waals surface area (Å²) in [6.07, 6.45) is 2.84. The monoisotopic (exact) mass is 281 g/mol. The Morgan fingerprint density at radius 2 is 2.10 bits per heavy atom. The van der Waals surface area contributed by atoms with Crippen molar-refractivity contribution in [1.82, 2.24) is 25.4 Å². The summed E-state index contributed by atoms with van der Waals surface area (Å²) < 4.78 is 0. The Labute approximate surface area is 121 Å². The number of carbonyl (C=O) groups excluding carboxylic acids is 1. The van der Waals surface area contributed by atoms with Gasteiger partial charge in [0, 0.05) is 19.0 Å². The molecule has 114 valence electrons. The Hall–Kier alpha value is -1.43. The van der Waals surface area contributed by atoms with Gasteiger partial charge in [0.1, 0.15) is 5.82 Å². The SMILES string of the molecule is CCCc1nc(C(=O)NCC(CC(C)C)N(C)C)n[nH]1. The van der Waals surface area contributed by atoms with Gasteiger partial charge >= 0.3 is 0 Å². The lowest BCUT2D eigenvalue weighted by molar-refractivity contribution is 0.0928. The van der Waals surface area contributed by atoms with E-state index in [9.17, 15) is 4.79 Å². The molecule has 1 atom stereocenters. The molecule has 0 aliphatic rings. The van der Waals surface area contributed by atoms with Gasteiger partial charge in [-0.3, -0.25) is 9.89 Å². The maximum Gasteiger partial charge on any atom is 0.291 e. The van der Waals surface area contributed by atoms with E-state index in [0.717, 1.165) is 25.1 Å². The number of likely N-dealkylation sites (N-methyl/N-ethyl adjacent to an activating group) is 1. The van der Waals surface area contributed by atoms with Crippen LogP contribution in [0.25, 0.3) is 0 Å². The number of hydrogen-bond acceptors (Lipinski definition) is 4. The number of aromatic amines is 1. The first kappa shape index (κ1) is 16.6. The van der Waals surface area contributed by atoms with Gasteiger partial charge in [0.25, 0.3) is 5.91 Å². The second-order valence-electron chi connectivity index (χ2n) is 5.81. The highest BCUT2D eigenvalue weighted by Gasteiger charge is 2.17. The molecule has 0 radical (unpaired) electrons. The molecule has 0 bridgehead atoms. The van der Waals surface area contributed by atoms with Crippen molar-refractivity contribution in [3.8, 4) is 0 Å². The van der Waals surface area contributed by atoms with Gasteiger partial charge in [-0.05, 0) is 32.9 Å². The van der Waals surface area contributed by atoms with Crippen LogP contribution in [0.2, 0.25) is 0 Å². The molecule has 0 aliphatic carbocycles. The lowest BCUT2D eigenvalue weighted by Gasteiger charge is -2.25. The van der Waals surface area contributed by atoms with Crippen molar-refractivity contribution >= 4 is 5.91 Å². The normalized spacial score (nSPS) is 12.9. The fourth-order valence-corrected chi connectivity index (χ4v) is 2.06. The molecule has 0 spiro atoms. The van der Waals surface area contributed by atoms with E-state index in [1.165, 1.54) is 0 Å². The third-order valence-corrected chi connectivity index (χ3v) is 3.19. The summed E-state index contributed by atoms with van der Waals surface area (Å²) in [4.78, 5) is 18.3. The van der Waals surface area contributed by atoms with Crippen LogP contribution in [-0.4, -0.2) is 52.7 Å². The number of rotatable bonds is 8. The van der Waals surface area contributed by atoms with Gasteiger partial charge in [-0.2, -0.15) is 0 Å². The second-order valence-corrected chi connectivity index (χ2v) is 5.81. The Bertz CT molecular complexity index is 413. The summed E-state index contributed by atoms with van der Waals surface area (Å²) in [6, 6.07) is 0.327. The smallest absolute Gasteiger partial charge is 0.291 e. The molecule has 1 aromatic rings. The van der Waals surface area contributed by atoms with E-state index in [-0.39, 0.29) is 11.7 Å². The lowest BCUT2D eigenvalue weighted by atomic mass is 10.0. The van der Waals surface area contributed by atoms with E-state index in [4.69, 9.17) is 0 Å². The quantitative estimate of drug-likeness (QED) is 0.756. The first-order valence-electron chi connectivity index (χ1n) is 7.29. The van der Waals surface area contributed by atoms with Crippen molar-refractivity contribution in [3.63, 3.8) is 0 Å². The van der Waals surface area contributed by atoms with E-state index in [1.54, 1.807) is 0 Å². The minimum atomic E-state index is -0.209. The molecule has 0 fully saturated rings. The molecule has 1 amide bonds. The van der Waals surface area contributed by atoms with Gasteiger partial charge in [0.2, 0.25) is 5.82 Å². The second kappa shape index (κ2) is 7.99. The molecular weight excluding hydrogens is 254 g/mol. The average Bonchev–Trinajstić information content (AvgIpc) is 2.82. The Morgan fingerprint density at radius 3 is 2.65 bits per heavy atom. The number of amides is 1. The summed E-state index contributed by atoms with van der Waals surface area (Å²) in [6.45, 7) is 7.05. The van der Waals surface area contributed by atoms with Crippen molar-refractivity contribution in [2.75, 3.05) is 20.6 Å². The Balaban J connectivity index is 2.51. The van der Waals surface area contributed by atoms with Crippen molar-refractivity contribution < 1.29 is 4.79 Å². The number of nitrogens with zero attached hydrogens (tertiary/aromatic N) is 3. The topological polar surface area (TPSA) is 73.9 Å². The van der Waals surface area contributed by atoms with Crippen LogP contribution in [0, 0.1) is 5.92 Å². The molecular formula is C14H27N5O. The van der Waals surface area contributed by atoms with E-state index >= 15 is 0 Å². The fraction of sp³-hybridized carbons (Fsp3) is 0.786. The molecule has 6 heteroatoms. The highest BCUT2D eigenvalue weighted by Crippen LogP contribution is 2.08. The van der Waals surface area contributed by atoms with Crippen molar-refractivity contribution in [2.45, 2.75) is 46.1 Å². The zero-order valence-electron chi connectivity index (χ0n) is 13.2. The zero-order valence-corrected chi connectivity index (χ0v) is 13.2. The molecule has 2 N–H and O–H groups in total. The maximum absolute atomic E-state index is 12.0. The number of hydrogen-bond donors (Lipinski definition) is 2. The molecule has 1 rings (SSSR count). The zero-order chi connectivity index (χ0) is 15.1. The van der Waals surface area contributed by atoms with Gasteiger partial charge in [0.15, 0.2) is 0 Å². The fourth-order valence-electron chi connectivity index (χ4n) is 2.06. The lowest BCUT2D eigenvalue weighted by Crippen LogP contribution is -2.41. The predicted molar refractivity (Wildman–Crippen MR) is 79.6 cm³/mol. The largest absolute Gasteiger partial charge is 0.348 e. The van der Waals surface area contributed by atoms with Crippen LogP contribution in [0.3, 0.4) is 0 Å². The minimum absolute atomic E-state index is 0.209. The molecule has 1 unspecified atom stereocenters. The van der Waals surface area contributed by atoms with Crippen LogP contribution in [-0.2, 0) is 6.42 Å². The third-order valence-electron chi connectivity index (χ3n) is 3.19. The van der Waals surface area contributed by atoms with Gasteiger partial charge in [-0.25, -0.2) is 4.98 Å². The maximum atomic E-state index is 12.0. The van der Waals surface area contributed by atoms with Crippen LogP contribution in [0.1, 0.15) is 50.1 Å². The molecule has 0 saturated carbocycles. The number of aromatic nitrogens is 3. The van der Waals surface area contributed by atoms with Gasteiger partial charge < -0.3 is 10.2 Å². The van der Waals surface area contributed by atoms with Gasteiger partial charge in [0.05, 0.1) is 0 Å². The molecule has 0 aliphatic heterocycles. The van der Waals surface area contributed by atoms with Crippen LogP contribution in [0.4, 0.5) is 0 Å². The number of nitrogens with one attached hydrogen (secondary N) is 2. The van der Waals surface area contributed by atoms with Crippen molar-refractivity contribution in [2.24, 2.45) is 5.92 Å². The van der Waals surface area contributed by atoms with Gasteiger partial charge in [-0.1, -0.05) is 20.8 Å². The van der Waals surface area contributed by atoms with Crippen molar-refractivity contribution in [1.29, 1.82) is 0 Å². The van der Waals surface area contributed by atoms with E-state index in [0.29, 0.717) is 18.5 Å². The Kier molecular flexibility index (Phi) is 6.64. The highest BCUT2D eigenvalue weighted by atomic mass is 16.2. The summed E-state index contributed by atoms with van der Waals surface area (Å²) >= 11 is 0. The van der Waals surface area contributed by atoms with Crippen molar-refractivity contribution in [3.05, 3.63) is 11.6 Å². The summed E-state index contributed by atoms with van der Waals surface area (Å²) in [5.41, 5.74) is 0. The predicted octanol–water partition coefficient (Wildman–Crippen LogP) is 1.46. The van der Waals surface area contributed by atoms with Crippen LogP contribution < -0.4 is 5.32 Å². The number of aryl methyl sites for hydroxylation is 1. The number of carbonyl (C=O) groups is 1. The Morgan fingerprint density at radius 1 is 1.40 bits per heavy atom. The average molecular weight is 281 g/mol. The van der Waals surface area contributed by atoms with E-state index in [1.807, 2.05) is 14.1 Å². The first-order chi connectivity index (χ1) is 9.43. The van der Waals surface area contributed by atoms with E-state index < -0.39 is 0 Å². The standard InChI is InChI=1S/C14H27N5O/c1-6-7-12-16-13(18-17-12)14(20)15-9-11(19(4)5)8-10(2)3/h10-11H,6-9H2,1-5H3,(H,15,20)(H,16,17,18).